The lowest BCUT2D eigenvalue weighted by Gasteiger charge is -2.33. The van der Waals surface area contributed by atoms with Crippen LogP contribution in [-0.4, -0.2) is 26.4 Å². The Hall–Kier alpha value is -3.28. The van der Waals surface area contributed by atoms with Crippen molar-refractivity contribution in [2.75, 3.05) is 26.4 Å². The van der Waals surface area contributed by atoms with Crippen molar-refractivity contribution in [3.8, 4) is 34.5 Å². The van der Waals surface area contributed by atoms with Gasteiger partial charge in [0.05, 0.1) is 39.0 Å². The normalized spacial score (nSPS) is 11.7. The van der Waals surface area contributed by atoms with Crippen molar-refractivity contribution in [3.63, 3.8) is 0 Å². The first-order chi connectivity index (χ1) is 17.7. The Labute approximate surface area is 223 Å². The molecule has 0 aromatic heterocycles. The van der Waals surface area contributed by atoms with Gasteiger partial charge < -0.3 is 28.4 Å². The summed E-state index contributed by atoms with van der Waals surface area (Å²) in [5.41, 5.74) is 2.96. The fourth-order valence-corrected chi connectivity index (χ4v) is 4.23. The van der Waals surface area contributed by atoms with Gasteiger partial charge in [0.25, 0.3) is 0 Å². The minimum absolute atomic E-state index is 0.490. The average molecular weight is 513 g/mol. The molecule has 6 nitrogen and oxygen atoms in total. The number of benzene rings is 2. The van der Waals surface area contributed by atoms with Crippen molar-refractivity contribution in [1.29, 1.82) is 0 Å². The predicted molar refractivity (Wildman–Crippen MR) is 150 cm³/mol. The smallest absolute Gasteiger partial charge is 0.168 e. The Kier molecular flexibility index (Phi) is 11.2. The van der Waals surface area contributed by atoms with E-state index >= 15 is 0 Å². The van der Waals surface area contributed by atoms with Gasteiger partial charge in [0.2, 0.25) is 0 Å². The van der Waals surface area contributed by atoms with Crippen LogP contribution in [0.15, 0.2) is 36.8 Å². The molecule has 0 fully saturated rings. The third-order valence-corrected chi connectivity index (χ3v) is 6.04. The van der Waals surface area contributed by atoms with Crippen LogP contribution in [0.5, 0.6) is 34.5 Å². The molecule has 0 radical (unpaired) electrons. The quantitative estimate of drug-likeness (QED) is 0.239. The Balaban J connectivity index is 3.00. The molecule has 0 N–H and O–H groups in total. The van der Waals surface area contributed by atoms with Crippen molar-refractivity contribution < 1.29 is 28.4 Å². The summed E-state index contributed by atoms with van der Waals surface area (Å²) >= 11 is 0. The Morgan fingerprint density at radius 1 is 0.595 bits per heavy atom. The highest BCUT2D eigenvalue weighted by atomic mass is 16.5. The third-order valence-electron chi connectivity index (χ3n) is 6.04. The van der Waals surface area contributed by atoms with Crippen LogP contribution in [0.2, 0.25) is 0 Å². The van der Waals surface area contributed by atoms with Gasteiger partial charge in [0.15, 0.2) is 23.0 Å². The fraction of sp³-hybridized carbons (Fsp3) is 0.484. The van der Waals surface area contributed by atoms with Crippen LogP contribution in [-0.2, 0) is 5.41 Å². The van der Waals surface area contributed by atoms with Crippen molar-refractivity contribution in [1.82, 2.24) is 0 Å². The second kappa shape index (κ2) is 13.9. The SMILES string of the molecule is CC=COc1cc(C(C)(C)c2cc(OC=CC)c(C)c(OCC)c2OCC)c(OCC)c(OCC)c1C. The molecule has 0 spiro atoms. The van der Waals surface area contributed by atoms with E-state index in [0.717, 1.165) is 22.3 Å². The molecule has 0 saturated carbocycles. The first-order valence-electron chi connectivity index (χ1n) is 13.2. The minimum Gasteiger partial charge on any atom is -0.490 e. The van der Waals surface area contributed by atoms with Gasteiger partial charge in [-0.05, 0) is 67.5 Å². The number of allylic oxidation sites excluding steroid dienone is 2. The van der Waals surface area contributed by atoms with Gasteiger partial charge >= 0.3 is 0 Å². The standard InChI is InChI=1S/C31H44O6/c1-11-17-36-25-19-23(29(34-15-5)27(21(25)7)32-13-3)31(9,10)24-20-26(37-18-12-2)22(8)28(33-14-4)30(24)35-16-6/h11-12,17-20H,13-16H2,1-10H3. The molecular formula is C31H44O6. The molecule has 37 heavy (non-hydrogen) atoms. The fourth-order valence-electron chi connectivity index (χ4n) is 4.23. The highest BCUT2D eigenvalue weighted by Crippen LogP contribution is 2.52. The van der Waals surface area contributed by atoms with Gasteiger partial charge in [0.1, 0.15) is 11.5 Å². The Morgan fingerprint density at radius 3 is 1.22 bits per heavy atom. The first kappa shape index (κ1) is 29.9. The van der Waals surface area contributed by atoms with Gasteiger partial charge in [0, 0.05) is 27.7 Å². The van der Waals surface area contributed by atoms with E-state index in [1.807, 2.05) is 79.7 Å². The largest absolute Gasteiger partial charge is 0.490 e. The summed E-state index contributed by atoms with van der Waals surface area (Å²) in [6.07, 6.45) is 7.05. The van der Waals surface area contributed by atoms with E-state index in [4.69, 9.17) is 28.4 Å². The Morgan fingerprint density at radius 2 is 0.919 bits per heavy atom. The van der Waals surface area contributed by atoms with Crippen molar-refractivity contribution in [3.05, 3.63) is 59.1 Å². The van der Waals surface area contributed by atoms with Gasteiger partial charge in [-0.15, -0.1) is 0 Å². The van der Waals surface area contributed by atoms with Gasteiger partial charge in [-0.2, -0.15) is 0 Å². The van der Waals surface area contributed by atoms with E-state index in [1.165, 1.54) is 0 Å². The maximum absolute atomic E-state index is 6.25. The molecule has 0 aliphatic carbocycles. The van der Waals surface area contributed by atoms with Crippen LogP contribution in [0, 0.1) is 13.8 Å². The second-order valence-electron chi connectivity index (χ2n) is 8.94. The van der Waals surface area contributed by atoms with E-state index in [1.54, 1.807) is 12.5 Å². The zero-order valence-electron chi connectivity index (χ0n) is 24.2. The molecule has 2 rings (SSSR count). The van der Waals surface area contributed by atoms with Crippen LogP contribution in [0.1, 0.15) is 77.6 Å². The topological polar surface area (TPSA) is 55.4 Å². The molecule has 0 heterocycles. The maximum Gasteiger partial charge on any atom is 0.168 e. The van der Waals surface area contributed by atoms with E-state index in [2.05, 4.69) is 13.8 Å². The summed E-state index contributed by atoms with van der Waals surface area (Å²) in [5, 5.41) is 0. The second-order valence-corrected chi connectivity index (χ2v) is 8.94. The van der Waals surface area contributed by atoms with Crippen LogP contribution >= 0.6 is 0 Å². The number of rotatable bonds is 14. The summed E-state index contributed by atoms with van der Waals surface area (Å²) < 4.78 is 36.8. The monoisotopic (exact) mass is 512 g/mol. The summed E-state index contributed by atoms with van der Waals surface area (Å²) in [5.74, 6) is 4.14. The molecule has 0 bridgehead atoms. The maximum atomic E-state index is 6.25. The molecule has 2 aromatic rings. The van der Waals surface area contributed by atoms with Gasteiger partial charge in [-0.1, -0.05) is 26.0 Å². The van der Waals surface area contributed by atoms with Crippen molar-refractivity contribution >= 4 is 0 Å². The molecule has 204 valence electrons. The summed E-state index contributed by atoms with van der Waals surface area (Å²) in [6.45, 7) is 21.9. The minimum atomic E-state index is -0.615. The summed E-state index contributed by atoms with van der Waals surface area (Å²) in [6, 6.07) is 4.07. The zero-order valence-corrected chi connectivity index (χ0v) is 24.2. The van der Waals surface area contributed by atoms with Crippen LogP contribution in [0.25, 0.3) is 0 Å². The molecule has 0 aliphatic rings. The Bertz CT molecular complexity index is 1010. The van der Waals surface area contributed by atoms with Gasteiger partial charge in [-0.25, -0.2) is 0 Å². The molecule has 6 heteroatoms. The zero-order chi connectivity index (χ0) is 27.6. The highest BCUT2D eigenvalue weighted by molar-refractivity contribution is 5.66. The number of hydrogen-bond acceptors (Lipinski definition) is 6. The lowest BCUT2D eigenvalue weighted by atomic mass is 9.76. The molecule has 0 saturated heterocycles. The van der Waals surface area contributed by atoms with E-state index in [9.17, 15) is 0 Å². The summed E-state index contributed by atoms with van der Waals surface area (Å²) in [4.78, 5) is 0. The number of ether oxygens (including phenoxy) is 6. The molecule has 0 amide bonds. The number of hydrogen-bond donors (Lipinski definition) is 0. The molecule has 0 aliphatic heterocycles. The third kappa shape index (κ3) is 6.54. The van der Waals surface area contributed by atoms with Gasteiger partial charge in [-0.3, -0.25) is 0 Å². The van der Waals surface area contributed by atoms with Crippen LogP contribution < -0.4 is 28.4 Å². The summed E-state index contributed by atoms with van der Waals surface area (Å²) in [7, 11) is 0. The van der Waals surface area contributed by atoms with Crippen LogP contribution in [0.4, 0.5) is 0 Å². The lowest BCUT2D eigenvalue weighted by molar-refractivity contribution is 0.272. The van der Waals surface area contributed by atoms with Crippen molar-refractivity contribution in [2.45, 2.75) is 74.7 Å². The molecule has 2 aromatic carbocycles. The predicted octanol–water partition coefficient (Wildman–Crippen LogP) is 8.05. The van der Waals surface area contributed by atoms with Crippen LogP contribution in [0.3, 0.4) is 0 Å². The molecule has 0 atom stereocenters. The average Bonchev–Trinajstić information content (AvgIpc) is 2.87. The molecular weight excluding hydrogens is 468 g/mol. The van der Waals surface area contributed by atoms with E-state index < -0.39 is 5.41 Å². The lowest BCUT2D eigenvalue weighted by Crippen LogP contribution is -2.23. The highest BCUT2D eigenvalue weighted by Gasteiger charge is 2.36. The molecule has 0 unspecified atom stereocenters. The van der Waals surface area contributed by atoms with E-state index in [0.29, 0.717) is 60.9 Å². The van der Waals surface area contributed by atoms with Crippen molar-refractivity contribution in [2.24, 2.45) is 0 Å². The van der Waals surface area contributed by atoms with E-state index in [-0.39, 0.29) is 0 Å². The first-order valence-corrected chi connectivity index (χ1v) is 13.2.